The highest BCUT2D eigenvalue weighted by Crippen LogP contribution is 2.23. The number of thioether (sulfide) groups is 1. The van der Waals surface area contributed by atoms with E-state index in [-0.39, 0.29) is 11.5 Å². The third-order valence-corrected chi connectivity index (χ3v) is 4.90. The first kappa shape index (κ1) is 15.6. The molecule has 0 aliphatic rings. The van der Waals surface area contributed by atoms with E-state index in [0.29, 0.717) is 9.32 Å². The summed E-state index contributed by atoms with van der Waals surface area (Å²) < 4.78 is 0.696. The molecule has 20 heavy (non-hydrogen) atoms. The molecular weight excluding hydrogens is 383 g/mol. The highest BCUT2D eigenvalue weighted by Gasteiger charge is 2.12. The van der Waals surface area contributed by atoms with Gasteiger partial charge in [-0.2, -0.15) is 0 Å². The molecule has 1 N–H and O–H groups in total. The topological polar surface area (TPSA) is 45.8 Å². The van der Waals surface area contributed by atoms with Crippen LogP contribution in [0, 0.1) is 10.5 Å². The van der Waals surface area contributed by atoms with E-state index in [1.54, 1.807) is 11.8 Å². The number of hydrogen-bond donors (Lipinski definition) is 1. The molecule has 0 spiro atoms. The lowest BCUT2D eigenvalue weighted by molar-refractivity contribution is 0.783. The van der Waals surface area contributed by atoms with Crippen LogP contribution in [0.2, 0.25) is 0 Å². The minimum absolute atomic E-state index is 0.0378. The summed E-state index contributed by atoms with van der Waals surface area (Å²) in [7, 11) is 0. The van der Waals surface area contributed by atoms with Crippen LogP contribution in [-0.4, -0.2) is 9.97 Å². The van der Waals surface area contributed by atoms with Crippen molar-refractivity contribution in [2.45, 2.75) is 37.3 Å². The van der Waals surface area contributed by atoms with E-state index in [0.717, 1.165) is 11.5 Å². The van der Waals surface area contributed by atoms with Gasteiger partial charge in [0, 0.05) is 4.90 Å². The Labute approximate surface area is 136 Å². The minimum atomic E-state index is -0.0378. The largest absolute Gasteiger partial charge is 0.309 e. The van der Waals surface area contributed by atoms with Crippen LogP contribution < -0.4 is 5.56 Å². The zero-order valence-electron chi connectivity index (χ0n) is 11.7. The first-order valence-corrected chi connectivity index (χ1v) is 8.52. The molecule has 3 nitrogen and oxygen atoms in total. The lowest BCUT2D eigenvalue weighted by Gasteiger charge is -2.09. The van der Waals surface area contributed by atoms with Crippen LogP contribution >= 0.6 is 34.4 Å². The number of aryl methyl sites for hydroxylation is 1. The van der Waals surface area contributed by atoms with Crippen LogP contribution in [0.5, 0.6) is 0 Å². The van der Waals surface area contributed by atoms with E-state index in [9.17, 15) is 4.79 Å². The van der Waals surface area contributed by atoms with Gasteiger partial charge in [0.15, 0.2) is 0 Å². The third kappa shape index (κ3) is 3.85. The molecule has 1 aromatic heterocycles. The highest BCUT2D eigenvalue weighted by molar-refractivity contribution is 14.1. The van der Waals surface area contributed by atoms with Crippen molar-refractivity contribution >= 4 is 34.4 Å². The number of halogens is 1. The number of nitrogens with one attached hydrogen (secondary N) is 1. The fourth-order valence-corrected chi connectivity index (χ4v) is 3.59. The second-order valence-corrected chi connectivity index (χ2v) is 7.10. The second kappa shape index (κ2) is 6.76. The fraction of sp³-hybridized carbons (Fsp3) is 0.333. The SMILES string of the molecule is Cc1cccc(SCc2nc(C(C)C)c(I)c(=O)[nH]2)c1. The maximum absolute atomic E-state index is 11.9. The number of H-pyrrole nitrogens is 1. The van der Waals surface area contributed by atoms with Gasteiger partial charge in [0.2, 0.25) is 0 Å². The zero-order chi connectivity index (χ0) is 14.7. The maximum Gasteiger partial charge on any atom is 0.264 e. The van der Waals surface area contributed by atoms with Crippen molar-refractivity contribution in [3.8, 4) is 0 Å². The summed E-state index contributed by atoms with van der Waals surface area (Å²) in [4.78, 5) is 20.6. The van der Waals surface area contributed by atoms with Crippen LogP contribution in [0.1, 0.15) is 36.8 Å². The molecule has 0 bridgehead atoms. The molecule has 1 heterocycles. The van der Waals surface area contributed by atoms with Gasteiger partial charge >= 0.3 is 0 Å². The molecule has 0 amide bonds. The summed E-state index contributed by atoms with van der Waals surface area (Å²) in [6, 6.07) is 8.33. The minimum Gasteiger partial charge on any atom is -0.309 e. The molecular formula is C15H17IN2OS. The molecule has 0 saturated heterocycles. The molecule has 0 aliphatic heterocycles. The van der Waals surface area contributed by atoms with E-state index in [4.69, 9.17) is 0 Å². The molecule has 0 saturated carbocycles. The summed E-state index contributed by atoms with van der Waals surface area (Å²) in [5, 5.41) is 0. The monoisotopic (exact) mass is 400 g/mol. The first-order valence-electron chi connectivity index (χ1n) is 6.45. The quantitative estimate of drug-likeness (QED) is 0.621. The van der Waals surface area contributed by atoms with Crippen LogP contribution in [0.15, 0.2) is 34.0 Å². The van der Waals surface area contributed by atoms with Crippen molar-refractivity contribution in [2.24, 2.45) is 0 Å². The summed E-state index contributed by atoms with van der Waals surface area (Å²) in [6.45, 7) is 6.19. The van der Waals surface area contributed by atoms with Gasteiger partial charge in [-0.25, -0.2) is 4.98 Å². The number of aromatic amines is 1. The Hall–Kier alpha value is -0.820. The van der Waals surface area contributed by atoms with E-state index >= 15 is 0 Å². The molecule has 0 aliphatic carbocycles. The molecule has 0 radical (unpaired) electrons. The van der Waals surface area contributed by atoms with Crippen molar-refractivity contribution < 1.29 is 0 Å². The molecule has 0 unspecified atom stereocenters. The number of benzene rings is 1. The molecule has 0 atom stereocenters. The summed E-state index contributed by atoms with van der Waals surface area (Å²) in [6.07, 6.45) is 0. The van der Waals surface area contributed by atoms with E-state index < -0.39 is 0 Å². The van der Waals surface area contributed by atoms with Crippen molar-refractivity contribution in [1.29, 1.82) is 0 Å². The average Bonchev–Trinajstić information content (AvgIpc) is 2.39. The van der Waals surface area contributed by atoms with E-state index in [1.165, 1.54) is 10.5 Å². The van der Waals surface area contributed by atoms with Crippen LogP contribution in [0.3, 0.4) is 0 Å². The fourth-order valence-electron chi connectivity index (χ4n) is 1.83. The van der Waals surface area contributed by atoms with Crippen molar-refractivity contribution in [2.75, 3.05) is 0 Å². The van der Waals surface area contributed by atoms with Gasteiger partial charge in [-0.1, -0.05) is 31.5 Å². The van der Waals surface area contributed by atoms with Crippen LogP contribution in [-0.2, 0) is 5.75 Å². The summed E-state index contributed by atoms with van der Waals surface area (Å²) >= 11 is 3.76. The van der Waals surface area contributed by atoms with Crippen molar-refractivity contribution in [3.63, 3.8) is 0 Å². The number of hydrogen-bond acceptors (Lipinski definition) is 3. The van der Waals surface area contributed by atoms with Crippen molar-refractivity contribution in [1.82, 2.24) is 9.97 Å². The molecule has 0 fully saturated rings. The van der Waals surface area contributed by atoms with Gasteiger partial charge in [-0.05, 0) is 47.6 Å². The predicted molar refractivity (Wildman–Crippen MR) is 92.4 cm³/mol. The van der Waals surface area contributed by atoms with Gasteiger partial charge in [0.1, 0.15) is 5.82 Å². The second-order valence-electron chi connectivity index (χ2n) is 4.97. The Kier molecular flexibility index (Phi) is 5.26. The van der Waals surface area contributed by atoms with Crippen LogP contribution in [0.25, 0.3) is 0 Å². The number of rotatable bonds is 4. The predicted octanol–water partition coefficient (Wildman–Crippen LogP) is 4.10. The molecule has 2 aromatic rings. The van der Waals surface area contributed by atoms with Gasteiger partial charge in [0.05, 0.1) is 15.0 Å². The van der Waals surface area contributed by atoms with Crippen molar-refractivity contribution in [3.05, 3.63) is 55.3 Å². The van der Waals surface area contributed by atoms with Gasteiger partial charge in [-0.3, -0.25) is 4.79 Å². The Bertz CT molecular complexity index is 667. The Morgan fingerprint density at radius 3 is 2.80 bits per heavy atom. The van der Waals surface area contributed by atoms with Gasteiger partial charge < -0.3 is 4.98 Å². The lowest BCUT2D eigenvalue weighted by Crippen LogP contribution is -2.18. The van der Waals surface area contributed by atoms with Gasteiger partial charge in [0.25, 0.3) is 5.56 Å². The average molecular weight is 400 g/mol. The summed E-state index contributed by atoms with van der Waals surface area (Å²) in [5.41, 5.74) is 2.08. The van der Waals surface area contributed by atoms with Crippen LogP contribution in [0.4, 0.5) is 0 Å². The smallest absolute Gasteiger partial charge is 0.264 e. The number of aromatic nitrogens is 2. The zero-order valence-corrected chi connectivity index (χ0v) is 14.7. The Morgan fingerprint density at radius 2 is 2.15 bits per heavy atom. The molecule has 2 rings (SSSR count). The molecule has 5 heteroatoms. The van der Waals surface area contributed by atoms with E-state index in [2.05, 4.69) is 71.5 Å². The first-order chi connectivity index (χ1) is 9.47. The maximum atomic E-state index is 11.9. The molecule has 106 valence electrons. The van der Waals surface area contributed by atoms with E-state index in [1.807, 2.05) is 6.07 Å². The normalized spacial score (nSPS) is 11.1. The van der Waals surface area contributed by atoms with Gasteiger partial charge in [-0.15, -0.1) is 11.8 Å². The standard InChI is InChI=1S/C15H17IN2OS/c1-9(2)14-13(16)15(19)18-12(17-14)8-20-11-6-4-5-10(3)7-11/h4-7,9H,8H2,1-3H3,(H,17,18,19). The molecule has 1 aromatic carbocycles. The third-order valence-electron chi connectivity index (χ3n) is 2.85. The Balaban J connectivity index is 2.20. The highest BCUT2D eigenvalue weighted by atomic mass is 127. The lowest BCUT2D eigenvalue weighted by atomic mass is 10.1. The Morgan fingerprint density at radius 1 is 1.40 bits per heavy atom. The summed E-state index contributed by atoms with van der Waals surface area (Å²) in [5.74, 6) is 1.67. The number of nitrogens with zero attached hydrogens (tertiary/aromatic N) is 1.